The van der Waals surface area contributed by atoms with Crippen molar-refractivity contribution in [2.45, 2.75) is 26.7 Å². The fourth-order valence-corrected chi connectivity index (χ4v) is 0.993. The lowest BCUT2D eigenvalue weighted by molar-refractivity contribution is -0.133. The lowest BCUT2D eigenvalue weighted by Crippen LogP contribution is -2.34. The molecule has 0 spiro atoms. The summed E-state index contributed by atoms with van der Waals surface area (Å²) in [6, 6.07) is 0. The first-order valence-corrected chi connectivity index (χ1v) is 4.74. The second kappa shape index (κ2) is 6.23. The lowest BCUT2D eigenvalue weighted by Gasteiger charge is -2.20. The first-order chi connectivity index (χ1) is 6.52. The Bertz CT molecular complexity index is 216. The van der Waals surface area contributed by atoms with Crippen LogP contribution in [-0.4, -0.2) is 35.4 Å². The predicted molar refractivity (Wildman–Crippen MR) is 55.1 cm³/mol. The maximum Gasteiger partial charge on any atom is 0.225 e. The van der Waals surface area contributed by atoms with Crippen molar-refractivity contribution in [1.29, 1.82) is 0 Å². The van der Waals surface area contributed by atoms with Gasteiger partial charge in [-0.25, -0.2) is 0 Å². The molecule has 0 radical (unpaired) electrons. The molecule has 0 aromatic rings. The number of nitrogens with zero attached hydrogens (tertiary/aromatic N) is 2. The molecule has 0 fully saturated rings. The fourth-order valence-electron chi connectivity index (χ4n) is 0.993. The van der Waals surface area contributed by atoms with Crippen LogP contribution in [-0.2, 0) is 4.79 Å². The molecule has 0 aliphatic rings. The summed E-state index contributed by atoms with van der Waals surface area (Å²) < 4.78 is 0. The molecule has 0 rings (SSSR count). The standard InChI is InChI=1S/C9H19N3O2/c1-4-7(2)9(13)12(3)6-5-8(10)11-14/h7,14H,4-6H2,1-3H3,(H2,10,11). The van der Waals surface area contributed by atoms with Crippen molar-refractivity contribution < 1.29 is 10.0 Å². The molecular formula is C9H19N3O2. The van der Waals surface area contributed by atoms with Crippen LogP contribution < -0.4 is 5.73 Å². The van der Waals surface area contributed by atoms with Crippen LogP contribution in [0.1, 0.15) is 26.7 Å². The van der Waals surface area contributed by atoms with Gasteiger partial charge in [-0.2, -0.15) is 0 Å². The van der Waals surface area contributed by atoms with E-state index in [2.05, 4.69) is 5.16 Å². The molecule has 3 N–H and O–H groups in total. The van der Waals surface area contributed by atoms with E-state index in [-0.39, 0.29) is 17.7 Å². The van der Waals surface area contributed by atoms with Crippen molar-refractivity contribution in [2.75, 3.05) is 13.6 Å². The van der Waals surface area contributed by atoms with Crippen molar-refractivity contribution >= 4 is 11.7 Å². The minimum atomic E-state index is 0.0345. The van der Waals surface area contributed by atoms with E-state index in [9.17, 15) is 4.79 Å². The Morgan fingerprint density at radius 1 is 1.64 bits per heavy atom. The minimum Gasteiger partial charge on any atom is -0.409 e. The van der Waals surface area contributed by atoms with Crippen LogP contribution in [0.4, 0.5) is 0 Å². The van der Waals surface area contributed by atoms with Gasteiger partial charge in [-0.15, -0.1) is 0 Å². The molecule has 0 saturated carbocycles. The van der Waals surface area contributed by atoms with Gasteiger partial charge in [0.2, 0.25) is 5.91 Å². The Morgan fingerprint density at radius 3 is 2.64 bits per heavy atom. The normalized spacial score (nSPS) is 13.8. The topological polar surface area (TPSA) is 78.9 Å². The van der Waals surface area contributed by atoms with Gasteiger partial charge >= 0.3 is 0 Å². The average Bonchev–Trinajstić information content (AvgIpc) is 2.22. The second-order valence-corrected chi connectivity index (χ2v) is 3.41. The SMILES string of the molecule is CCC(C)C(=O)N(C)CC/C(N)=N/O. The Hall–Kier alpha value is -1.26. The minimum absolute atomic E-state index is 0.0345. The van der Waals surface area contributed by atoms with Crippen molar-refractivity contribution in [3.05, 3.63) is 0 Å². The average molecular weight is 201 g/mol. The van der Waals surface area contributed by atoms with Crippen LogP contribution in [0.25, 0.3) is 0 Å². The van der Waals surface area contributed by atoms with E-state index in [1.807, 2.05) is 13.8 Å². The molecule has 0 heterocycles. The van der Waals surface area contributed by atoms with Crippen molar-refractivity contribution in [3.63, 3.8) is 0 Å². The van der Waals surface area contributed by atoms with Crippen LogP contribution in [0.3, 0.4) is 0 Å². The first kappa shape index (κ1) is 12.7. The van der Waals surface area contributed by atoms with Gasteiger partial charge in [0, 0.05) is 25.9 Å². The molecule has 5 nitrogen and oxygen atoms in total. The summed E-state index contributed by atoms with van der Waals surface area (Å²) in [5.41, 5.74) is 5.29. The first-order valence-electron chi connectivity index (χ1n) is 4.74. The zero-order valence-corrected chi connectivity index (χ0v) is 9.03. The van der Waals surface area contributed by atoms with Gasteiger partial charge in [-0.3, -0.25) is 4.79 Å². The number of nitrogens with two attached hydrogens (primary N) is 1. The number of rotatable bonds is 5. The molecule has 1 unspecified atom stereocenters. The summed E-state index contributed by atoms with van der Waals surface area (Å²) in [6.45, 7) is 4.35. The molecule has 0 saturated heterocycles. The number of amides is 1. The molecule has 0 bridgehead atoms. The molecule has 0 aromatic carbocycles. The Kier molecular flexibility index (Phi) is 5.67. The van der Waals surface area contributed by atoms with Crippen LogP contribution in [0.15, 0.2) is 5.16 Å². The zero-order valence-electron chi connectivity index (χ0n) is 9.03. The Labute approximate surface area is 84.6 Å². The highest BCUT2D eigenvalue weighted by atomic mass is 16.4. The lowest BCUT2D eigenvalue weighted by atomic mass is 10.1. The molecule has 0 aromatic heterocycles. The van der Waals surface area contributed by atoms with Gasteiger partial charge in [0.15, 0.2) is 0 Å². The smallest absolute Gasteiger partial charge is 0.225 e. The van der Waals surface area contributed by atoms with Gasteiger partial charge < -0.3 is 15.8 Å². The van der Waals surface area contributed by atoms with E-state index in [0.29, 0.717) is 13.0 Å². The number of carbonyl (C=O) groups excluding carboxylic acids is 1. The van der Waals surface area contributed by atoms with Crippen LogP contribution in [0.5, 0.6) is 0 Å². The summed E-state index contributed by atoms with van der Waals surface area (Å²) in [7, 11) is 1.72. The maximum absolute atomic E-state index is 11.6. The molecule has 0 aliphatic carbocycles. The summed E-state index contributed by atoms with van der Waals surface area (Å²) in [4.78, 5) is 13.2. The molecule has 1 amide bonds. The summed E-state index contributed by atoms with van der Waals surface area (Å²) in [5, 5.41) is 11.1. The Balaban J connectivity index is 3.96. The monoisotopic (exact) mass is 201 g/mol. The number of hydrogen-bond acceptors (Lipinski definition) is 3. The van der Waals surface area contributed by atoms with E-state index < -0.39 is 0 Å². The molecule has 1 atom stereocenters. The van der Waals surface area contributed by atoms with Crippen molar-refractivity contribution in [2.24, 2.45) is 16.8 Å². The summed E-state index contributed by atoms with van der Waals surface area (Å²) in [5.74, 6) is 0.277. The van der Waals surface area contributed by atoms with Crippen LogP contribution in [0, 0.1) is 5.92 Å². The molecule has 82 valence electrons. The van der Waals surface area contributed by atoms with E-state index >= 15 is 0 Å². The Morgan fingerprint density at radius 2 is 2.21 bits per heavy atom. The summed E-state index contributed by atoms with van der Waals surface area (Å²) >= 11 is 0. The van der Waals surface area contributed by atoms with Crippen LogP contribution >= 0.6 is 0 Å². The third kappa shape index (κ3) is 4.11. The number of oxime groups is 1. The van der Waals surface area contributed by atoms with Gasteiger partial charge in [-0.1, -0.05) is 19.0 Å². The highest BCUT2D eigenvalue weighted by Gasteiger charge is 2.15. The number of carbonyl (C=O) groups is 1. The third-order valence-electron chi connectivity index (χ3n) is 2.24. The van der Waals surface area contributed by atoms with E-state index in [0.717, 1.165) is 6.42 Å². The fraction of sp³-hybridized carbons (Fsp3) is 0.778. The van der Waals surface area contributed by atoms with Gasteiger partial charge in [0.25, 0.3) is 0 Å². The van der Waals surface area contributed by atoms with E-state index in [1.165, 1.54) is 0 Å². The van der Waals surface area contributed by atoms with Gasteiger partial charge in [0.05, 0.1) is 0 Å². The number of hydrogen-bond donors (Lipinski definition) is 2. The molecular weight excluding hydrogens is 182 g/mol. The van der Waals surface area contributed by atoms with Gasteiger partial charge in [0.1, 0.15) is 5.84 Å². The summed E-state index contributed by atoms with van der Waals surface area (Å²) in [6.07, 6.45) is 1.22. The largest absolute Gasteiger partial charge is 0.409 e. The highest BCUT2D eigenvalue weighted by molar-refractivity contribution is 5.81. The van der Waals surface area contributed by atoms with E-state index in [4.69, 9.17) is 10.9 Å². The molecule has 0 aliphatic heterocycles. The van der Waals surface area contributed by atoms with Crippen molar-refractivity contribution in [3.8, 4) is 0 Å². The maximum atomic E-state index is 11.6. The zero-order chi connectivity index (χ0) is 11.1. The highest BCUT2D eigenvalue weighted by Crippen LogP contribution is 2.05. The van der Waals surface area contributed by atoms with Gasteiger partial charge in [-0.05, 0) is 6.42 Å². The van der Waals surface area contributed by atoms with Crippen LogP contribution in [0.2, 0.25) is 0 Å². The molecule has 5 heteroatoms. The molecule has 14 heavy (non-hydrogen) atoms. The van der Waals surface area contributed by atoms with E-state index in [1.54, 1.807) is 11.9 Å². The van der Waals surface area contributed by atoms with Crippen molar-refractivity contribution in [1.82, 2.24) is 4.90 Å². The second-order valence-electron chi connectivity index (χ2n) is 3.41. The third-order valence-corrected chi connectivity index (χ3v) is 2.24. The number of amidine groups is 1. The predicted octanol–water partition coefficient (Wildman–Crippen LogP) is 0.627. The quantitative estimate of drug-likeness (QED) is 0.296.